The van der Waals surface area contributed by atoms with Gasteiger partial charge in [-0.1, -0.05) is 0 Å². The molecule has 0 radical (unpaired) electrons. The topological polar surface area (TPSA) is 43.4 Å². The van der Waals surface area contributed by atoms with Gasteiger partial charge >= 0.3 is 10.1 Å². The molecule has 96 valence electrons. The molecule has 0 aliphatic heterocycles. The lowest BCUT2D eigenvalue weighted by atomic mass is 10.3. The van der Waals surface area contributed by atoms with Crippen molar-refractivity contribution < 1.29 is 34.6 Å². The zero-order chi connectivity index (χ0) is 13.4. The van der Waals surface area contributed by atoms with Gasteiger partial charge in [0.05, 0.1) is 5.75 Å². The molecular weight excluding hydrogens is 271 g/mol. The van der Waals surface area contributed by atoms with Gasteiger partial charge in [0.1, 0.15) is 0 Å². The second-order valence-electron chi connectivity index (χ2n) is 2.83. The highest BCUT2D eigenvalue weighted by atomic mass is 32.2. The lowest BCUT2D eigenvalue weighted by molar-refractivity contribution is 0.347. The summed E-state index contributed by atoms with van der Waals surface area (Å²) in [7, 11) is -4.40. The van der Waals surface area contributed by atoms with Crippen molar-refractivity contribution in [1.82, 2.24) is 0 Å². The summed E-state index contributed by atoms with van der Waals surface area (Å²) in [6.07, 6.45) is 0. The van der Waals surface area contributed by atoms with Crippen LogP contribution in [0.4, 0.5) is 22.0 Å². The van der Waals surface area contributed by atoms with Crippen LogP contribution in [0.1, 0.15) is 6.92 Å². The molecule has 0 bridgehead atoms. The molecule has 0 N–H and O–H groups in total. The second-order valence-corrected chi connectivity index (χ2v) is 4.69. The van der Waals surface area contributed by atoms with E-state index in [0.29, 0.717) is 0 Å². The molecule has 0 aromatic heterocycles. The predicted octanol–water partition coefficient (Wildman–Crippen LogP) is 2.11. The quantitative estimate of drug-likeness (QED) is 0.367. The summed E-state index contributed by atoms with van der Waals surface area (Å²) < 4.78 is 89.4. The Morgan fingerprint density at radius 2 is 1.24 bits per heavy atom. The summed E-state index contributed by atoms with van der Waals surface area (Å²) in [6, 6.07) is 0. The van der Waals surface area contributed by atoms with Crippen molar-refractivity contribution in [3.8, 4) is 5.75 Å². The van der Waals surface area contributed by atoms with Crippen LogP contribution in [0.2, 0.25) is 0 Å². The van der Waals surface area contributed by atoms with Crippen molar-refractivity contribution in [1.29, 1.82) is 0 Å². The van der Waals surface area contributed by atoms with Gasteiger partial charge < -0.3 is 4.18 Å². The van der Waals surface area contributed by atoms with E-state index in [4.69, 9.17) is 0 Å². The normalized spacial score (nSPS) is 11.6. The third kappa shape index (κ3) is 2.48. The summed E-state index contributed by atoms with van der Waals surface area (Å²) in [5.41, 5.74) is 0. The smallest absolute Gasteiger partial charge is 0.309 e. The van der Waals surface area contributed by atoms with Gasteiger partial charge in [-0.15, -0.1) is 0 Å². The van der Waals surface area contributed by atoms with Gasteiger partial charge in [-0.05, 0) is 6.92 Å². The van der Waals surface area contributed by atoms with Crippen LogP contribution in [0.25, 0.3) is 0 Å². The van der Waals surface area contributed by atoms with Crippen LogP contribution >= 0.6 is 0 Å². The fourth-order valence-electron chi connectivity index (χ4n) is 0.844. The van der Waals surface area contributed by atoms with Gasteiger partial charge in [0.2, 0.25) is 34.8 Å². The highest BCUT2D eigenvalue weighted by Gasteiger charge is 2.29. The monoisotopic (exact) mass is 276 g/mol. The molecule has 0 aliphatic carbocycles. The van der Waals surface area contributed by atoms with E-state index in [9.17, 15) is 30.4 Å². The third-order valence-electron chi connectivity index (χ3n) is 1.73. The van der Waals surface area contributed by atoms with Crippen molar-refractivity contribution in [3.63, 3.8) is 0 Å². The van der Waals surface area contributed by atoms with Crippen LogP contribution in [0.15, 0.2) is 0 Å². The summed E-state index contributed by atoms with van der Waals surface area (Å²) in [5.74, 6) is -14.1. The van der Waals surface area contributed by atoms with Crippen LogP contribution in [-0.4, -0.2) is 14.2 Å². The highest BCUT2D eigenvalue weighted by Crippen LogP contribution is 2.29. The first-order valence-electron chi connectivity index (χ1n) is 4.14. The maximum absolute atomic E-state index is 13.0. The molecule has 0 aliphatic rings. The third-order valence-corrected chi connectivity index (χ3v) is 2.86. The molecule has 0 heterocycles. The Morgan fingerprint density at radius 3 is 1.59 bits per heavy atom. The lowest BCUT2D eigenvalue weighted by Crippen LogP contribution is -2.15. The summed E-state index contributed by atoms with van der Waals surface area (Å²) >= 11 is 0. The molecule has 1 aromatic carbocycles. The van der Waals surface area contributed by atoms with Gasteiger partial charge in [0.25, 0.3) is 0 Å². The molecule has 0 unspecified atom stereocenters. The molecule has 1 rings (SSSR count). The number of halogens is 5. The maximum atomic E-state index is 13.0. The number of rotatable bonds is 3. The number of hydrogen-bond acceptors (Lipinski definition) is 3. The Balaban J connectivity index is 3.45. The van der Waals surface area contributed by atoms with E-state index in [-0.39, 0.29) is 0 Å². The van der Waals surface area contributed by atoms with Crippen molar-refractivity contribution in [3.05, 3.63) is 29.1 Å². The fraction of sp³-hybridized carbons (Fsp3) is 0.250. The van der Waals surface area contributed by atoms with Gasteiger partial charge in [-0.3, -0.25) is 0 Å². The second kappa shape index (κ2) is 4.47. The lowest BCUT2D eigenvalue weighted by Gasteiger charge is -2.08. The fourth-order valence-corrected chi connectivity index (χ4v) is 1.36. The Kier molecular flexibility index (Phi) is 3.60. The molecule has 9 heteroatoms. The molecule has 0 spiro atoms. The minimum absolute atomic E-state index is 0.688. The molecule has 0 amide bonds. The van der Waals surface area contributed by atoms with Crippen LogP contribution in [0.5, 0.6) is 5.75 Å². The van der Waals surface area contributed by atoms with Gasteiger partial charge in [-0.2, -0.15) is 17.2 Å². The molecule has 1 aromatic rings. The minimum Gasteiger partial charge on any atom is -0.376 e. The zero-order valence-corrected chi connectivity index (χ0v) is 9.05. The molecule has 0 fully saturated rings. The number of benzene rings is 1. The molecule has 3 nitrogen and oxygen atoms in total. The van der Waals surface area contributed by atoms with Gasteiger partial charge in [0, 0.05) is 0 Å². The largest absolute Gasteiger partial charge is 0.376 e. The van der Waals surface area contributed by atoms with Crippen molar-refractivity contribution in [2.75, 3.05) is 5.75 Å². The molecular formula is C8H5F5O3S. The van der Waals surface area contributed by atoms with Crippen LogP contribution in [-0.2, 0) is 10.1 Å². The van der Waals surface area contributed by atoms with Crippen molar-refractivity contribution >= 4 is 10.1 Å². The Bertz CT molecular complexity index is 526. The Labute approximate surface area is 92.9 Å². The average Bonchev–Trinajstić information content (AvgIpc) is 2.30. The summed E-state index contributed by atoms with van der Waals surface area (Å²) in [6.45, 7) is 1.07. The predicted molar refractivity (Wildman–Crippen MR) is 46.3 cm³/mol. The number of hydrogen-bond donors (Lipinski definition) is 0. The van der Waals surface area contributed by atoms with E-state index < -0.39 is 50.7 Å². The molecule has 0 saturated heterocycles. The molecule has 0 saturated carbocycles. The van der Waals surface area contributed by atoms with Crippen molar-refractivity contribution in [2.24, 2.45) is 0 Å². The summed E-state index contributed by atoms with van der Waals surface area (Å²) in [4.78, 5) is 0. The zero-order valence-electron chi connectivity index (χ0n) is 8.23. The van der Waals surface area contributed by atoms with E-state index >= 15 is 0 Å². The molecule has 0 atom stereocenters. The first-order valence-corrected chi connectivity index (χ1v) is 5.72. The van der Waals surface area contributed by atoms with E-state index in [1.807, 2.05) is 0 Å². The first-order chi connectivity index (χ1) is 7.71. The van der Waals surface area contributed by atoms with Crippen LogP contribution in [0.3, 0.4) is 0 Å². The molecule has 17 heavy (non-hydrogen) atoms. The van der Waals surface area contributed by atoms with E-state index in [1.165, 1.54) is 0 Å². The van der Waals surface area contributed by atoms with E-state index in [2.05, 4.69) is 4.18 Å². The highest BCUT2D eigenvalue weighted by molar-refractivity contribution is 7.87. The van der Waals surface area contributed by atoms with Gasteiger partial charge in [0.15, 0.2) is 0 Å². The SMILES string of the molecule is CCS(=O)(=O)Oc1c(F)c(F)c(F)c(F)c1F. The van der Waals surface area contributed by atoms with E-state index in [0.717, 1.165) is 6.92 Å². The Hall–Kier alpha value is -1.38. The first kappa shape index (κ1) is 13.7. The van der Waals surface area contributed by atoms with Crippen LogP contribution < -0.4 is 4.18 Å². The Morgan fingerprint density at radius 1 is 0.882 bits per heavy atom. The van der Waals surface area contributed by atoms with Crippen molar-refractivity contribution in [2.45, 2.75) is 6.92 Å². The maximum Gasteiger partial charge on any atom is 0.309 e. The van der Waals surface area contributed by atoms with E-state index in [1.54, 1.807) is 0 Å². The summed E-state index contributed by atoms with van der Waals surface area (Å²) in [5, 5.41) is 0. The standard InChI is InChI=1S/C8H5F5O3S/c1-2-17(14,15)16-8-6(12)4(10)3(9)5(11)7(8)13/h2H2,1H3. The minimum atomic E-state index is -4.40. The van der Waals surface area contributed by atoms with Crippen LogP contribution in [0, 0.1) is 29.1 Å². The van der Waals surface area contributed by atoms with Gasteiger partial charge in [-0.25, -0.2) is 13.2 Å². The average molecular weight is 276 g/mol.